The fourth-order valence-electron chi connectivity index (χ4n) is 2.14. The highest BCUT2D eigenvalue weighted by atomic mass is 16.5. The number of hydrogen-bond donors (Lipinski definition) is 2. The monoisotopic (exact) mass is 266 g/mol. The zero-order valence-corrected chi connectivity index (χ0v) is 11.6. The minimum absolute atomic E-state index is 0.429. The fraction of sp³-hybridized carbons (Fsp3) is 0.571. The van der Waals surface area contributed by atoms with Crippen LogP contribution in [0.1, 0.15) is 6.42 Å². The maximum atomic E-state index is 5.43. The van der Waals surface area contributed by atoms with Crippen LogP contribution >= 0.6 is 0 Å². The molecule has 0 saturated carbocycles. The van der Waals surface area contributed by atoms with Crippen LogP contribution < -0.4 is 20.1 Å². The third-order valence-corrected chi connectivity index (χ3v) is 3.21. The van der Waals surface area contributed by atoms with Gasteiger partial charge in [0.1, 0.15) is 11.5 Å². The van der Waals surface area contributed by atoms with E-state index in [0.29, 0.717) is 6.04 Å². The van der Waals surface area contributed by atoms with Gasteiger partial charge in [0.25, 0.3) is 0 Å². The van der Waals surface area contributed by atoms with Gasteiger partial charge in [-0.15, -0.1) is 0 Å². The molecule has 1 heterocycles. The van der Waals surface area contributed by atoms with E-state index in [1.807, 2.05) is 18.2 Å². The van der Waals surface area contributed by atoms with E-state index >= 15 is 0 Å². The molecule has 1 aromatic carbocycles. The molecule has 0 aliphatic carbocycles. The van der Waals surface area contributed by atoms with Crippen molar-refractivity contribution in [3.63, 3.8) is 0 Å². The van der Waals surface area contributed by atoms with Crippen LogP contribution in [-0.2, 0) is 4.74 Å². The van der Waals surface area contributed by atoms with Crippen LogP contribution in [0, 0.1) is 0 Å². The second kappa shape index (κ2) is 7.21. The first-order valence-electron chi connectivity index (χ1n) is 6.60. The van der Waals surface area contributed by atoms with Gasteiger partial charge in [0, 0.05) is 25.2 Å². The van der Waals surface area contributed by atoms with Gasteiger partial charge in [-0.05, 0) is 18.6 Å². The molecule has 0 amide bonds. The van der Waals surface area contributed by atoms with E-state index < -0.39 is 0 Å². The quantitative estimate of drug-likeness (QED) is 0.817. The van der Waals surface area contributed by atoms with E-state index in [4.69, 9.17) is 14.2 Å². The van der Waals surface area contributed by atoms with Crippen LogP contribution in [0.4, 0.5) is 5.69 Å². The Hall–Kier alpha value is -1.46. The Morgan fingerprint density at radius 2 is 2.26 bits per heavy atom. The first kappa shape index (κ1) is 14.0. The molecule has 1 aliphatic heterocycles. The molecule has 19 heavy (non-hydrogen) atoms. The lowest BCUT2D eigenvalue weighted by Crippen LogP contribution is -2.42. The zero-order chi connectivity index (χ0) is 13.5. The predicted octanol–water partition coefficient (Wildman–Crippen LogP) is 1.49. The summed E-state index contributed by atoms with van der Waals surface area (Å²) >= 11 is 0. The molecular formula is C14H22N2O3. The van der Waals surface area contributed by atoms with Gasteiger partial charge in [-0.25, -0.2) is 0 Å². The number of rotatable bonds is 6. The van der Waals surface area contributed by atoms with Gasteiger partial charge in [-0.2, -0.15) is 0 Å². The second-order valence-corrected chi connectivity index (χ2v) is 4.51. The Balaban J connectivity index is 1.86. The molecule has 1 aliphatic rings. The highest BCUT2D eigenvalue weighted by Crippen LogP contribution is 2.28. The van der Waals surface area contributed by atoms with Gasteiger partial charge < -0.3 is 24.8 Å². The summed E-state index contributed by atoms with van der Waals surface area (Å²) in [5.41, 5.74) is 0.957. The Kier molecular flexibility index (Phi) is 5.30. The summed E-state index contributed by atoms with van der Waals surface area (Å²) in [4.78, 5) is 0. The van der Waals surface area contributed by atoms with E-state index in [1.54, 1.807) is 14.2 Å². The van der Waals surface area contributed by atoms with Crippen molar-refractivity contribution < 1.29 is 14.2 Å². The van der Waals surface area contributed by atoms with Gasteiger partial charge in [-0.3, -0.25) is 0 Å². The van der Waals surface area contributed by atoms with Crippen LogP contribution in [0.15, 0.2) is 18.2 Å². The molecule has 1 aromatic rings. The maximum absolute atomic E-state index is 5.43. The molecule has 0 spiro atoms. The van der Waals surface area contributed by atoms with Gasteiger partial charge in [0.2, 0.25) is 0 Å². The first-order chi connectivity index (χ1) is 9.33. The molecule has 2 rings (SSSR count). The van der Waals surface area contributed by atoms with Crippen LogP contribution in [0.25, 0.3) is 0 Å². The number of methoxy groups -OCH3 is 2. The number of nitrogens with one attached hydrogen (secondary N) is 2. The smallest absolute Gasteiger partial charge is 0.142 e. The van der Waals surface area contributed by atoms with Crippen molar-refractivity contribution in [1.82, 2.24) is 5.32 Å². The fourth-order valence-corrected chi connectivity index (χ4v) is 2.14. The lowest BCUT2D eigenvalue weighted by atomic mass is 10.2. The molecule has 0 radical (unpaired) electrons. The minimum Gasteiger partial charge on any atom is -0.497 e. The zero-order valence-electron chi connectivity index (χ0n) is 11.6. The molecule has 1 fully saturated rings. The normalized spacial score (nSPS) is 18.9. The van der Waals surface area contributed by atoms with Gasteiger partial charge >= 0.3 is 0 Å². The van der Waals surface area contributed by atoms with Crippen molar-refractivity contribution in [3.8, 4) is 11.5 Å². The van der Waals surface area contributed by atoms with E-state index in [2.05, 4.69) is 10.6 Å². The highest BCUT2D eigenvalue weighted by Gasteiger charge is 2.12. The number of anilines is 1. The average molecular weight is 266 g/mol. The van der Waals surface area contributed by atoms with Crippen LogP contribution in [0.2, 0.25) is 0 Å². The van der Waals surface area contributed by atoms with Crippen molar-refractivity contribution in [1.29, 1.82) is 0 Å². The second-order valence-electron chi connectivity index (χ2n) is 4.51. The van der Waals surface area contributed by atoms with Gasteiger partial charge in [0.05, 0.1) is 33.1 Å². The van der Waals surface area contributed by atoms with Crippen LogP contribution in [0.5, 0.6) is 11.5 Å². The van der Waals surface area contributed by atoms with E-state index in [-0.39, 0.29) is 0 Å². The van der Waals surface area contributed by atoms with Crippen molar-refractivity contribution in [2.45, 2.75) is 12.5 Å². The van der Waals surface area contributed by atoms with Crippen LogP contribution in [-0.4, -0.2) is 46.6 Å². The standard InChI is InChI=1S/C14H22N2O3/c1-17-12-3-4-14(18-2)13(9-12)16-6-5-11-10-19-8-7-15-11/h3-4,9,11,15-16H,5-8,10H2,1-2H3. The Bertz CT molecular complexity index is 392. The van der Waals surface area contributed by atoms with Gasteiger partial charge in [-0.1, -0.05) is 0 Å². The van der Waals surface area contributed by atoms with Crippen molar-refractivity contribution in [2.75, 3.05) is 45.8 Å². The molecule has 0 aromatic heterocycles. The van der Waals surface area contributed by atoms with Gasteiger partial charge in [0.15, 0.2) is 0 Å². The SMILES string of the molecule is COc1ccc(OC)c(NCCC2COCCN2)c1. The minimum atomic E-state index is 0.429. The third-order valence-electron chi connectivity index (χ3n) is 3.21. The molecule has 1 atom stereocenters. The first-order valence-corrected chi connectivity index (χ1v) is 6.60. The Morgan fingerprint density at radius 3 is 2.95 bits per heavy atom. The topological polar surface area (TPSA) is 51.8 Å². The van der Waals surface area contributed by atoms with Crippen LogP contribution in [0.3, 0.4) is 0 Å². The molecule has 106 valence electrons. The Labute approximate surface area is 114 Å². The predicted molar refractivity (Wildman–Crippen MR) is 75.3 cm³/mol. The lowest BCUT2D eigenvalue weighted by Gasteiger charge is -2.24. The molecule has 1 saturated heterocycles. The molecule has 5 nitrogen and oxygen atoms in total. The molecule has 1 unspecified atom stereocenters. The summed E-state index contributed by atoms with van der Waals surface area (Å²) in [6.45, 7) is 3.41. The Morgan fingerprint density at radius 1 is 1.37 bits per heavy atom. The molecule has 5 heteroatoms. The number of ether oxygens (including phenoxy) is 3. The van der Waals surface area contributed by atoms with E-state index in [9.17, 15) is 0 Å². The van der Waals surface area contributed by atoms with Crippen molar-refractivity contribution in [3.05, 3.63) is 18.2 Å². The maximum Gasteiger partial charge on any atom is 0.142 e. The summed E-state index contributed by atoms with van der Waals surface area (Å²) in [5.74, 6) is 1.65. The van der Waals surface area contributed by atoms with Crippen molar-refractivity contribution >= 4 is 5.69 Å². The third kappa shape index (κ3) is 4.01. The average Bonchev–Trinajstić information content (AvgIpc) is 2.48. The number of morpholine rings is 1. The summed E-state index contributed by atoms with van der Waals surface area (Å²) in [6.07, 6.45) is 1.01. The number of hydrogen-bond acceptors (Lipinski definition) is 5. The van der Waals surface area contributed by atoms with E-state index in [1.165, 1.54) is 0 Å². The molecule has 2 N–H and O–H groups in total. The van der Waals surface area contributed by atoms with Crippen molar-refractivity contribution in [2.24, 2.45) is 0 Å². The van der Waals surface area contributed by atoms with E-state index in [0.717, 1.165) is 49.9 Å². The largest absolute Gasteiger partial charge is 0.497 e. The highest BCUT2D eigenvalue weighted by molar-refractivity contribution is 5.59. The molecule has 0 bridgehead atoms. The number of benzene rings is 1. The molecular weight excluding hydrogens is 244 g/mol. The summed E-state index contributed by atoms with van der Waals surface area (Å²) in [5, 5.41) is 6.82. The summed E-state index contributed by atoms with van der Waals surface area (Å²) < 4.78 is 16.0. The lowest BCUT2D eigenvalue weighted by molar-refractivity contribution is 0.0753. The summed E-state index contributed by atoms with van der Waals surface area (Å²) in [6, 6.07) is 6.17. The summed E-state index contributed by atoms with van der Waals surface area (Å²) in [7, 11) is 3.33.